The molecule has 2 aromatic rings. The Morgan fingerprint density at radius 1 is 1.07 bits per heavy atom. The highest BCUT2D eigenvalue weighted by molar-refractivity contribution is 7.89. The van der Waals surface area contributed by atoms with Crippen molar-refractivity contribution in [3.05, 3.63) is 60.4 Å². The highest BCUT2D eigenvalue weighted by Gasteiger charge is 2.31. The van der Waals surface area contributed by atoms with Crippen LogP contribution in [0.2, 0.25) is 0 Å². The van der Waals surface area contributed by atoms with Gasteiger partial charge in [0.25, 0.3) is 0 Å². The molecule has 1 amide bonds. The summed E-state index contributed by atoms with van der Waals surface area (Å²) in [4.78, 5) is 12.6. The maximum atomic E-state index is 13.5. The number of sulfonamides is 1. The average Bonchev–Trinajstić information content (AvgIpc) is 2.75. The molecule has 0 atom stereocenters. The third kappa shape index (κ3) is 5.55. The molecular formula is C21H25FN2O4S. The second-order valence-electron chi connectivity index (χ2n) is 6.91. The first-order chi connectivity index (χ1) is 14.0. The van der Waals surface area contributed by atoms with Crippen LogP contribution in [0.3, 0.4) is 0 Å². The predicted octanol–water partition coefficient (Wildman–Crippen LogP) is 2.81. The zero-order chi connectivity index (χ0) is 20.7. The molecule has 0 saturated carbocycles. The van der Waals surface area contributed by atoms with Gasteiger partial charge in [-0.25, -0.2) is 12.8 Å². The van der Waals surface area contributed by atoms with Gasteiger partial charge in [0, 0.05) is 25.6 Å². The summed E-state index contributed by atoms with van der Waals surface area (Å²) in [5.74, 6) is -0.489. The zero-order valence-electron chi connectivity index (χ0n) is 16.1. The van der Waals surface area contributed by atoms with Gasteiger partial charge in [0.2, 0.25) is 15.9 Å². The van der Waals surface area contributed by atoms with Gasteiger partial charge in [-0.15, -0.1) is 0 Å². The molecule has 1 fully saturated rings. The quantitative estimate of drug-likeness (QED) is 0.667. The minimum Gasteiger partial charge on any atom is -0.490 e. The van der Waals surface area contributed by atoms with Crippen molar-refractivity contribution in [2.75, 3.05) is 26.2 Å². The molecule has 3 rings (SSSR count). The highest BCUT2D eigenvalue weighted by atomic mass is 32.2. The Morgan fingerprint density at radius 3 is 2.41 bits per heavy atom. The molecule has 1 heterocycles. The Hall–Kier alpha value is -2.45. The third-order valence-corrected chi connectivity index (χ3v) is 6.83. The fourth-order valence-corrected chi connectivity index (χ4v) is 4.76. The van der Waals surface area contributed by atoms with Crippen LogP contribution in [0.1, 0.15) is 19.3 Å². The number of carbonyl (C=O) groups excluding carboxylic acids is 1. The number of halogens is 1. The minimum absolute atomic E-state index is 0.0762. The second-order valence-corrected chi connectivity index (χ2v) is 8.85. The van der Waals surface area contributed by atoms with Gasteiger partial charge in [-0.05, 0) is 43.5 Å². The van der Waals surface area contributed by atoms with E-state index in [-0.39, 0.29) is 22.5 Å². The first-order valence-electron chi connectivity index (χ1n) is 9.69. The summed E-state index contributed by atoms with van der Waals surface area (Å²) >= 11 is 0. The van der Waals surface area contributed by atoms with E-state index in [0.717, 1.165) is 0 Å². The number of amides is 1. The fraction of sp³-hybridized carbons (Fsp3) is 0.381. The summed E-state index contributed by atoms with van der Waals surface area (Å²) in [7, 11) is -3.51. The van der Waals surface area contributed by atoms with Crippen molar-refractivity contribution in [1.82, 2.24) is 9.62 Å². The Kier molecular flexibility index (Phi) is 7.22. The van der Waals surface area contributed by atoms with Gasteiger partial charge in [0.05, 0.1) is 11.5 Å². The summed E-state index contributed by atoms with van der Waals surface area (Å²) in [6, 6.07) is 14.5. The van der Waals surface area contributed by atoms with E-state index in [2.05, 4.69) is 5.32 Å². The van der Waals surface area contributed by atoms with Crippen LogP contribution in [-0.2, 0) is 14.8 Å². The standard InChI is InChI=1S/C21H25FN2O4S/c22-19-9-4-5-10-20(19)28-16-6-13-23-21(25)17-11-14-24(15-12-17)29(26,27)18-7-2-1-3-8-18/h1-5,7-10,17H,6,11-16H2,(H,23,25). The Balaban J connectivity index is 1.38. The fourth-order valence-electron chi connectivity index (χ4n) is 3.27. The molecule has 0 aliphatic carbocycles. The van der Waals surface area contributed by atoms with Gasteiger partial charge < -0.3 is 10.1 Å². The Morgan fingerprint density at radius 2 is 1.72 bits per heavy atom. The number of hydrogen-bond acceptors (Lipinski definition) is 4. The second kappa shape index (κ2) is 9.84. The molecule has 1 aliphatic rings. The van der Waals surface area contributed by atoms with Crippen LogP contribution >= 0.6 is 0 Å². The summed E-state index contributed by atoms with van der Waals surface area (Å²) in [5.41, 5.74) is 0. The van der Waals surface area contributed by atoms with E-state index in [1.807, 2.05) is 0 Å². The molecular weight excluding hydrogens is 395 g/mol. The maximum Gasteiger partial charge on any atom is 0.243 e. The SMILES string of the molecule is O=C(NCCCOc1ccccc1F)C1CCN(S(=O)(=O)c2ccccc2)CC1. The average molecular weight is 421 g/mol. The van der Waals surface area contributed by atoms with E-state index in [1.54, 1.807) is 48.5 Å². The summed E-state index contributed by atoms with van der Waals surface area (Å²) < 4.78 is 45.5. The van der Waals surface area contributed by atoms with E-state index in [9.17, 15) is 17.6 Å². The Labute approximate surface area is 170 Å². The molecule has 156 valence electrons. The van der Waals surface area contributed by atoms with E-state index >= 15 is 0 Å². The normalized spacial score (nSPS) is 15.8. The summed E-state index contributed by atoms with van der Waals surface area (Å²) in [5, 5.41) is 2.86. The van der Waals surface area contributed by atoms with E-state index < -0.39 is 15.8 Å². The molecule has 2 aromatic carbocycles. The monoisotopic (exact) mass is 420 g/mol. The van der Waals surface area contributed by atoms with Gasteiger partial charge >= 0.3 is 0 Å². The van der Waals surface area contributed by atoms with Crippen molar-refractivity contribution in [3.8, 4) is 5.75 Å². The number of carbonyl (C=O) groups is 1. The molecule has 0 spiro atoms. The number of ether oxygens (including phenoxy) is 1. The number of nitrogens with one attached hydrogen (secondary N) is 1. The molecule has 8 heteroatoms. The molecule has 1 saturated heterocycles. The molecule has 1 N–H and O–H groups in total. The largest absolute Gasteiger partial charge is 0.490 e. The van der Waals surface area contributed by atoms with Gasteiger partial charge in [-0.1, -0.05) is 30.3 Å². The van der Waals surface area contributed by atoms with E-state index in [0.29, 0.717) is 45.5 Å². The van der Waals surface area contributed by atoms with Crippen molar-refractivity contribution in [2.24, 2.45) is 5.92 Å². The van der Waals surface area contributed by atoms with Crippen LogP contribution in [0.4, 0.5) is 4.39 Å². The van der Waals surface area contributed by atoms with Crippen LogP contribution in [0.5, 0.6) is 5.75 Å². The van der Waals surface area contributed by atoms with Gasteiger partial charge in [-0.2, -0.15) is 4.31 Å². The van der Waals surface area contributed by atoms with Gasteiger partial charge in [-0.3, -0.25) is 4.79 Å². The van der Waals surface area contributed by atoms with Crippen LogP contribution in [0.25, 0.3) is 0 Å². The highest BCUT2D eigenvalue weighted by Crippen LogP contribution is 2.23. The van der Waals surface area contributed by atoms with Crippen molar-refractivity contribution in [2.45, 2.75) is 24.2 Å². The molecule has 0 radical (unpaired) electrons. The molecule has 0 bridgehead atoms. The van der Waals surface area contributed by atoms with E-state index in [4.69, 9.17) is 4.74 Å². The number of benzene rings is 2. The van der Waals surface area contributed by atoms with Crippen LogP contribution < -0.4 is 10.1 Å². The number of rotatable bonds is 8. The third-order valence-electron chi connectivity index (χ3n) is 4.92. The zero-order valence-corrected chi connectivity index (χ0v) is 16.9. The lowest BCUT2D eigenvalue weighted by Crippen LogP contribution is -2.43. The molecule has 0 aromatic heterocycles. The number of hydrogen-bond donors (Lipinski definition) is 1. The van der Waals surface area contributed by atoms with E-state index in [1.165, 1.54) is 10.4 Å². The summed E-state index contributed by atoms with van der Waals surface area (Å²) in [6.45, 7) is 1.38. The molecule has 1 aliphatic heterocycles. The Bertz CT molecular complexity index is 913. The van der Waals surface area contributed by atoms with Crippen LogP contribution in [0, 0.1) is 11.7 Å². The molecule has 6 nitrogen and oxygen atoms in total. The van der Waals surface area contributed by atoms with Gasteiger partial charge in [0.15, 0.2) is 11.6 Å². The lowest BCUT2D eigenvalue weighted by Gasteiger charge is -2.30. The first kappa shape index (κ1) is 21.3. The number of para-hydroxylation sites is 1. The lowest BCUT2D eigenvalue weighted by molar-refractivity contribution is -0.126. The van der Waals surface area contributed by atoms with Crippen LogP contribution in [0.15, 0.2) is 59.5 Å². The topological polar surface area (TPSA) is 75.7 Å². The smallest absolute Gasteiger partial charge is 0.243 e. The molecule has 0 unspecified atom stereocenters. The first-order valence-corrected chi connectivity index (χ1v) is 11.1. The minimum atomic E-state index is -3.51. The lowest BCUT2D eigenvalue weighted by atomic mass is 9.97. The maximum absolute atomic E-state index is 13.5. The number of piperidine rings is 1. The van der Waals surface area contributed by atoms with Crippen molar-refractivity contribution in [1.29, 1.82) is 0 Å². The predicted molar refractivity (Wildman–Crippen MR) is 107 cm³/mol. The molecule has 29 heavy (non-hydrogen) atoms. The van der Waals surface area contributed by atoms with Crippen molar-refractivity contribution >= 4 is 15.9 Å². The number of nitrogens with zero attached hydrogens (tertiary/aromatic N) is 1. The van der Waals surface area contributed by atoms with Crippen LogP contribution in [-0.4, -0.2) is 44.9 Å². The van der Waals surface area contributed by atoms with Crippen molar-refractivity contribution in [3.63, 3.8) is 0 Å². The van der Waals surface area contributed by atoms with Crippen molar-refractivity contribution < 1.29 is 22.3 Å². The van der Waals surface area contributed by atoms with Gasteiger partial charge in [0.1, 0.15) is 0 Å². The summed E-state index contributed by atoms with van der Waals surface area (Å²) in [6.07, 6.45) is 1.54.